The van der Waals surface area contributed by atoms with Crippen molar-refractivity contribution in [3.8, 4) is 0 Å². The maximum atomic E-state index is 12.1. The summed E-state index contributed by atoms with van der Waals surface area (Å²) in [4.78, 5) is 24.1. The lowest BCUT2D eigenvalue weighted by molar-refractivity contribution is -0.126. The van der Waals surface area contributed by atoms with E-state index in [9.17, 15) is 9.59 Å². The van der Waals surface area contributed by atoms with Crippen LogP contribution in [-0.4, -0.2) is 17.4 Å². The fraction of sp³-hybridized carbons (Fsp3) is 0.467. The molecule has 2 amide bonds. The molecule has 6 heteroatoms. The second-order valence-corrected chi connectivity index (χ2v) is 7.14. The average molecular weight is 329 g/mol. The molecule has 2 atom stereocenters. The molecule has 0 heterocycles. The predicted octanol–water partition coefficient (Wildman–Crippen LogP) is 3.48. The minimum atomic E-state index is -0.303. The molecule has 0 radical (unpaired) electrons. The van der Waals surface area contributed by atoms with Gasteiger partial charge in [0.15, 0.2) is 0 Å². The molecule has 2 N–H and O–H groups in total. The van der Waals surface area contributed by atoms with E-state index >= 15 is 0 Å². The minimum Gasteiger partial charge on any atom is -0.351 e. The van der Waals surface area contributed by atoms with Crippen LogP contribution in [0.2, 0.25) is 10.0 Å². The Morgan fingerprint density at radius 2 is 1.76 bits per heavy atom. The maximum absolute atomic E-state index is 12.1. The average Bonchev–Trinajstić information content (AvgIpc) is 3.12. The quantitative estimate of drug-likeness (QED) is 0.892. The largest absolute Gasteiger partial charge is 0.351 e. The number of benzene rings is 1. The number of hydrogen-bond acceptors (Lipinski definition) is 2. The van der Waals surface area contributed by atoms with Crippen LogP contribution in [0.25, 0.3) is 0 Å². The van der Waals surface area contributed by atoms with Gasteiger partial charge in [0.25, 0.3) is 0 Å². The summed E-state index contributed by atoms with van der Waals surface area (Å²) in [6, 6.07) is 4.86. The van der Waals surface area contributed by atoms with Gasteiger partial charge < -0.3 is 10.6 Å². The number of halogens is 2. The van der Waals surface area contributed by atoms with Crippen molar-refractivity contribution in [2.45, 2.75) is 32.7 Å². The highest BCUT2D eigenvalue weighted by atomic mass is 35.5. The van der Waals surface area contributed by atoms with Gasteiger partial charge in [-0.1, -0.05) is 23.2 Å². The van der Waals surface area contributed by atoms with E-state index in [4.69, 9.17) is 23.2 Å². The SMILES string of the molecule is CC(C)(C)NC(=O)C1CC1C(=O)Nc1cc(Cl)ccc1Cl. The van der Waals surface area contributed by atoms with Gasteiger partial charge in [-0.25, -0.2) is 0 Å². The molecule has 1 aliphatic carbocycles. The summed E-state index contributed by atoms with van der Waals surface area (Å²) in [5.74, 6) is -0.849. The van der Waals surface area contributed by atoms with Crippen molar-refractivity contribution in [3.63, 3.8) is 0 Å². The van der Waals surface area contributed by atoms with Gasteiger partial charge in [0, 0.05) is 10.6 Å². The van der Waals surface area contributed by atoms with E-state index in [0.29, 0.717) is 22.2 Å². The van der Waals surface area contributed by atoms with E-state index in [0.717, 1.165) is 0 Å². The van der Waals surface area contributed by atoms with Crippen LogP contribution in [0.5, 0.6) is 0 Å². The number of carbonyl (C=O) groups is 2. The zero-order valence-electron chi connectivity index (χ0n) is 12.2. The van der Waals surface area contributed by atoms with Crippen molar-refractivity contribution >= 4 is 40.7 Å². The van der Waals surface area contributed by atoms with Crippen molar-refractivity contribution < 1.29 is 9.59 Å². The summed E-state index contributed by atoms with van der Waals surface area (Å²) >= 11 is 11.9. The topological polar surface area (TPSA) is 58.2 Å². The Morgan fingerprint density at radius 3 is 2.38 bits per heavy atom. The molecule has 2 unspecified atom stereocenters. The highest BCUT2D eigenvalue weighted by molar-refractivity contribution is 6.35. The Balaban J connectivity index is 1.94. The first-order valence-corrected chi connectivity index (χ1v) is 7.51. The van der Waals surface area contributed by atoms with E-state index in [1.54, 1.807) is 18.2 Å². The molecule has 0 bridgehead atoms. The van der Waals surface area contributed by atoms with Gasteiger partial charge in [-0.2, -0.15) is 0 Å². The molecule has 1 aliphatic rings. The minimum absolute atomic E-state index is 0.0835. The van der Waals surface area contributed by atoms with Crippen molar-refractivity contribution in [1.29, 1.82) is 0 Å². The number of carbonyl (C=O) groups excluding carboxylic acids is 2. The Labute approximate surface area is 134 Å². The Morgan fingerprint density at radius 1 is 1.14 bits per heavy atom. The first kappa shape index (κ1) is 16.1. The lowest BCUT2D eigenvalue weighted by Gasteiger charge is -2.20. The molecule has 0 saturated heterocycles. The predicted molar refractivity (Wildman–Crippen MR) is 84.6 cm³/mol. The van der Waals surface area contributed by atoms with Crippen molar-refractivity contribution in [3.05, 3.63) is 28.2 Å². The third kappa shape index (κ3) is 4.35. The summed E-state index contributed by atoms with van der Waals surface area (Å²) in [7, 11) is 0. The van der Waals surface area contributed by atoms with Crippen LogP contribution in [0, 0.1) is 11.8 Å². The van der Waals surface area contributed by atoms with Gasteiger partial charge in [-0.05, 0) is 45.4 Å². The lowest BCUT2D eigenvalue weighted by atomic mass is 10.1. The molecular weight excluding hydrogens is 311 g/mol. The summed E-state index contributed by atoms with van der Waals surface area (Å²) in [5.41, 5.74) is 0.174. The number of hydrogen-bond donors (Lipinski definition) is 2. The van der Waals surface area contributed by atoms with Gasteiger partial charge in [0.05, 0.1) is 22.5 Å². The Bertz CT molecular complexity index is 582. The Hall–Kier alpha value is -1.26. The molecule has 1 aromatic carbocycles. The van der Waals surface area contributed by atoms with Crippen molar-refractivity contribution in [1.82, 2.24) is 5.32 Å². The summed E-state index contributed by atoms with van der Waals surface area (Å²) < 4.78 is 0. The number of rotatable bonds is 3. The third-order valence-corrected chi connectivity index (χ3v) is 3.71. The first-order chi connectivity index (χ1) is 9.67. The molecular formula is C15H18Cl2N2O2. The van der Waals surface area contributed by atoms with Crippen molar-refractivity contribution in [2.75, 3.05) is 5.32 Å². The van der Waals surface area contributed by atoms with E-state index in [-0.39, 0.29) is 29.2 Å². The summed E-state index contributed by atoms with van der Waals surface area (Å²) in [6.07, 6.45) is 0.561. The van der Waals surface area contributed by atoms with Gasteiger partial charge in [-0.3, -0.25) is 9.59 Å². The molecule has 1 saturated carbocycles. The van der Waals surface area contributed by atoms with E-state index in [1.807, 2.05) is 20.8 Å². The number of nitrogens with one attached hydrogen (secondary N) is 2. The molecule has 0 spiro atoms. The third-order valence-electron chi connectivity index (χ3n) is 3.15. The van der Waals surface area contributed by atoms with Crippen LogP contribution < -0.4 is 10.6 Å². The van der Waals surface area contributed by atoms with Crippen LogP contribution in [0.4, 0.5) is 5.69 Å². The van der Waals surface area contributed by atoms with Gasteiger partial charge >= 0.3 is 0 Å². The molecule has 4 nitrogen and oxygen atoms in total. The second-order valence-electron chi connectivity index (χ2n) is 6.30. The van der Waals surface area contributed by atoms with Crippen LogP contribution in [0.3, 0.4) is 0 Å². The van der Waals surface area contributed by atoms with E-state index < -0.39 is 0 Å². The monoisotopic (exact) mass is 328 g/mol. The molecule has 2 rings (SSSR count). The maximum Gasteiger partial charge on any atom is 0.228 e. The zero-order chi connectivity index (χ0) is 15.8. The molecule has 0 aromatic heterocycles. The normalized spacial score (nSPS) is 20.8. The smallest absolute Gasteiger partial charge is 0.228 e. The standard InChI is InChI=1S/C15H18Cl2N2O2/c1-15(2,3)19-14(21)10-7-9(10)13(20)18-12-6-8(16)4-5-11(12)17/h4-6,9-10H,7H2,1-3H3,(H,18,20)(H,19,21). The molecule has 1 aromatic rings. The summed E-state index contributed by atoms with van der Waals surface area (Å²) in [6.45, 7) is 5.73. The molecule has 0 aliphatic heterocycles. The second kappa shape index (κ2) is 5.85. The first-order valence-electron chi connectivity index (χ1n) is 6.75. The van der Waals surface area contributed by atoms with Crippen LogP contribution in [0.1, 0.15) is 27.2 Å². The highest BCUT2D eigenvalue weighted by Gasteiger charge is 2.48. The Kier molecular flexibility index (Phi) is 4.49. The molecule has 21 heavy (non-hydrogen) atoms. The zero-order valence-corrected chi connectivity index (χ0v) is 13.7. The van der Waals surface area contributed by atoms with Gasteiger partial charge in [-0.15, -0.1) is 0 Å². The van der Waals surface area contributed by atoms with Gasteiger partial charge in [0.1, 0.15) is 0 Å². The van der Waals surface area contributed by atoms with Crippen LogP contribution >= 0.6 is 23.2 Å². The van der Waals surface area contributed by atoms with E-state index in [1.165, 1.54) is 0 Å². The number of amides is 2. The van der Waals surface area contributed by atoms with Crippen molar-refractivity contribution in [2.24, 2.45) is 11.8 Å². The molecule has 1 fully saturated rings. The highest BCUT2D eigenvalue weighted by Crippen LogP contribution is 2.40. The molecule has 114 valence electrons. The van der Waals surface area contributed by atoms with Gasteiger partial charge in [0.2, 0.25) is 11.8 Å². The fourth-order valence-electron chi connectivity index (χ4n) is 2.06. The van der Waals surface area contributed by atoms with Crippen LogP contribution in [0.15, 0.2) is 18.2 Å². The number of anilines is 1. The lowest BCUT2D eigenvalue weighted by Crippen LogP contribution is -2.42. The summed E-state index contributed by atoms with van der Waals surface area (Å²) in [5, 5.41) is 6.52. The van der Waals surface area contributed by atoms with Crippen LogP contribution in [-0.2, 0) is 9.59 Å². The fourth-order valence-corrected chi connectivity index (χ4v) is 2.39. The van der Waals surface area contributed by atoms with E-state index in [2.05, 4.69) is 10.6 Å².